The van der Waals surface area contributed by atoms with Crippen molar-refractivity contribution >= 4 is 11.9 Å². The van der Waals surface area contributed by atoms with Crippen LogP contribution in [0, 0.1) is 18.6 Å². The van der Waals surface area contributed by atoms with Crippen LogP contribution >= 0.6 is 0 Å². The molecule has 2 aromatic rings. The van der Waals surface area contributed by atoms with Gasteiger partial charge >= 0.3 is 5.97 Å². The van der Waals surface area contributed by atoms with Gasteiger partial charge in [-0.1, -0.05) is 6.07 Å². The number of nitrogens with one attached hydrogen (secondary N) is 1. The van der Waals surface area contributed by atoms with Crippen LogP contribution in [0.3, 0.4) is 0 Å². The van der Waals surface area contributed by atoms with Crippen molar-refractivity contribution in [3.63, 3.8) is 0 Å². The first kappa shape index (κ1) is 16.7. The van der Waals surface area contributed by atoms with Crippen LogP contribution in [0.5, 0.6) is 0 Å². The lowest BCUT2D eigenvalue weighted by Gasteiger charge is -2.07. The van der Waals surface area contributed by atoms with Gasteiger partial charge in [0.15, 0.2) is 0 Å². The van der Waals surface area contributed by atoms with E-state index in [9.17, 15) is 18.4 Å². The quantitative estimate of drug-likeness (QED) is 0.856. The highest BCUT2D eigenvalue weighted by Crippen LogP contribution is 2.17. The first-order valence-corrected chi connectivity index (χ1v) is 6.90. The summed E-state index contributed by atoms with van der Waals surface area (Å²) in [5.41, 5.74) is 0.528. The van der Waals surface area contributed by atoms with E-state index in [1.807, 2.05) is 0 Å². The fourth-order valence-corrected chi connectivity index (χ4v) is 2.23. The third kappa shape index (κ3) is 3.94. The van der Waals surface area contributed by atoms with Gasteiger partial charge in [-0.15, -0.1) is 0 Å². The molecule has 5 nitrogen and oxygen atoms in total. The van der Waals surface area contributed by atoms with Gasteiger partial charge in [-0.05, 0) is 25.5 Å². The molecule has 0 saturated heterocycles. The molecule has 0 aliphatic rings. The first-order chi connectivity index (χ1) is 10.9. The number of carbonyl (C=O) groups is 2. The lowest BCUT2D eigenvalue weighted by Crippen LogP contribution is -2.27. The van der Waals surface area contributed by atoms with Crippen LogP contribution < -0.4 is 5.32 Å². The van der Waals surface area contributed by atoms with E-state index >= 15 is 0 Å². The Bertz CT molecular complexity index is 719. The van der Waals surface area contributed by atoms with Gasteiger partial charge in [0, 0.05) is 17.7 Å². The summed E-state index contributed by atoms with van der Waals surface area (Å²) >= 11 is 0. The molecule has 1 aromatic carbocycles. The predicted octanol–water partition coefficient (Wildman–Crippen LogP) is 2.47. The number of carbonyl (C=O) groups excluding carboxylic acids is 1. The number of carboxylic acid groups (broad SMARTS) is 1. The number of amides is 1. The Balaban J connectivity index is 2.03. The number of aliphatic carboxylic acids is 1. The molecule has 2 rings (SSSR count). The normalized spacial score (nSPS) is 10.6. The van der Waals surface area contributed by atoms with E-state index in [-0.39, 0.29) is 29.9 Å². The number of carboxylic acids is 1. The molecule has 0 saturated carbocycles. The van der Waals surface area contributed by atoms with E-state index in [0.29, 0.717) is 5.56 Å². The molecular weight excluding hydrogens is 308 g/mol. The molecule has 0 atom stereocenters. The summed E-state index contributed by atoms with van der Waals surface area (Å²) < 4.78 is 32.0. The van der Waals surface area contributed by atoms with Gasteiger partial charge in [0.25, 0.3) is 5.91 Å². The number of aryl methyl sites for hydroxylation is 1. The molecular formula is C16H15F2NO4. The van der Waals surface area contributed by atoms with Crippen molar-refractivity contribution in [2.75, 3.05) is 6.54 Å². The molecule has 2 N–H and O–H groups in total. The zero-order valence-corrected chi connectivity index (χ0v) is 12.4. The van der Waals surface area contributed by atoms with E-state index in [4.69, 9.17) is 9.52 Å². The van der Waals surface area contributed by atoms with Crippen molar-refractivity contribution in [2.45, 2.75) is 19.8 Å². The summed E-state index contributed by atoms with van der Waals surface area (Å²) in [4.78, 5) is 22.9. The minimum absolute atomic E-state index is 0.00776. The number of benzene rings is 1. The maximum absolute atomic E-state index is 13.5. The number of hydrogen-bond donors (Lipinski definition) is 2. The van der Waals surface area contributed by atoms with E-state index < -0.39 is 29.9 Å². The maximum Gasteiger partial charge on any atom is 0.311 e. The van der Waals surface area contributed by atoms with Crippen LogP contribution in [-0.4, -0.2) is 23.5 Å². The highest BCUT2D eigenvalue weighted by Gasteiger charge is 2.20. The van der Waals surface area contributed by atoms with Gasteiger partial charge in [0.2, 0.25) is 0 Å². The Hall–Kier alpha value is -2.70. The van der Waals surface area contributed by atoms with Crippen LogP contribution in [0.15, 0.2) is 28.9 Å². The average molecular weight is 323 g/mol. The van der Waals surface area contributed by atoms with Crippen LogP contribution in [0.1, 0.15) is 27.2 Å². The highest BCUT2D eigenvalue weighted by molar-refractivity contribution is 5.97. The fraction of sp³-hybridized carbons (Fsp3) is 0.250. The van der Waals surface area contributed by atoms with E-state index in [1.54, 1.807) is 6.92 Å². The SMILES string of the molecule is Cc1coc(CC(=O)O)c1C(=O)NCCc1c(F)cccc1F. The fourth-order valence-electron chi connectivity index (χ4n) is 2.23. The van der Waals surface area contributed by atoms with Gasteiger partial charge in [-0.25, -0.2) is 8.78 Å². The zero-order valence-electron chi connectivity index (χ0n) is 12.4. The van der Waals surface area contributed by atoms with Gasteiger partial charge < -0.3 is 14.8 Å². The molecule has 1 heterocycles. The molecule has 7 heteroatoms. The Labute approximate surface area is 130 Å². The molecule has 0 aliphatic heterocycles. The van der Waals surface area contributed by atoms with Gasteiger partial charge in [0.05, 0.1) is 11.8 Å². The number of rotatable bonds is 6. The Kier molecular flexibility index (Phi) is 5.10. The maximum atomic E-state index is 13.5. The largest absolute Gasteiger partial charge is 0.481 e. The number of halogens is 2. The molecule has 122 valence electrons. The van der Waals surface area contributed by atoms with Crippen LogP contribution in [-0.2, 0) is 17.6 Å². The van der Waals surface area contributed by atoms with Crippen molar-refractivity contribution in [1.29, 1.82) is 0 Å². The molecule has 23 heavy (non-hydrogen) atoms. The van der Waals surface area contributed by atoms with E-state index in [1.165, 1.54) is 12.3 Å². The third-order valence-corrected chi connectivity index (χ3v) is 3.31. The van der Waals surface area contributed by atoms with Crippen molar-refractivity contribution in [3.05, 3.63) is 58.5 Å². The van der Waals surface area contributed by atoms with Crippen LogP contribution in [0.2, 0.25) is 0 Å². The van der Waals surface area contributed by atoms with Crippen molar-refractivity contribution in [3.8, 4) is 0 Å². The Morgan fingerprint density at radius 1 is 1.26 bits per heavy atom. The summed E-state index contributed by atoms with van der Waals surface area (Å²) in [6, 6.07) is 3.55. The number of hydrogen-bond acceptors (Lipinski definition) is 3. The second kappa shape index (κ2) is 7.04. The van der Waals surface area contributed by atoms with Crippen molar-refractivity contribution < 1.29 is 27.9 Å². The summed E-state index contributed by atoms with van der Waals surface area (Å²) in [6.45, 7) is 1.62. The van der Waals surface area contributed by atoms with E-state index in [0.717, 1.165) is 12.1 Å². The molecule has 0 aliphatic carbocycles. The van der Waals surface area contributed by atoms with Gasteiger partial charge in [0.1, 0.15) is 23.8 Å². The highest BCUT2D eigenvalue weighted by atomic mass is 19.1. The molecule has 1 amide bonds. The smallest absolute Gasteiger partial charge is 0.311 e. The Morgan fingerprint density at radius 3 is 2.52 bits per heavy atom. The molecule has 0 unspecified atom stereocenters. The standard InChI is InChI=1S/C16H15F2NO4/c1-9-8-23-13(7-14(20)21)15(9)16(22)19-6-5-10-11(17)3-2-4-12(10)18/h2-4,8H,5-7H2,1H3,(H,19,22)(H,20,21). The minimum Gasteiger partial charge on any atom is -0.481 e. The molecule has 0 bridgehead atoms. The lowest BCUT2D eigenvalue weighted by atomic mass is 10.1. The average Bonchev–Trinajstić information content (AvgIpc) is 2.82. The second-order valence-electron chi connectivity index (χ2n) is 4.99. The monoisotopic (exact) mass is 323 g/mol. The molecule has 1 aromatic heterocycles. The van der Waals surface area contributed by atoms with Crippen LogP contribution in [0.25, 0.3) is 0 Å². The van der Waals surface area contributed by atoms with E-state index in [2.05, 4.69) is 5.32 Å². The molecule has 0 fully saturated rings. The van der Waals surface area contributed by atoms with Crippen LogP contribution in [0.4, 0.5) is 8.78 Å². The Morgan fingerprint density at radius 2 is 1.91 bits per heavy atom. The molecule has 0 spiro atoms. The van der Waals surface area contributed by atoms with Gasteiger partial charge in [-0.3, -0.25) is 9.59 Å². The predicted molar refractivity (Wildman–Crippen MR) is 77.2 cm³/mol. The zero-order chi connectivity index (χ0) is 17.0. The lowest BCUT2D eigenvalue weighted by molar-refractivity contribution is -0.136. The summed E-state index contributed by atoms with van der Waals surface area (Å²) in [7, 11) is 0. The summed E-state index contributed by atoms with van der Waals surface area (Å²) in [5.74, 6) is -2.97. The van der Waals surface area contributed by atoms with Gasteiger partial charge in [-0.2, -0.15) is 0 Å². The summed E-state index contributed by atoms with van der Waals surface area (Å²) in [6.07, 6.45) is 0.859. The topological polar surface area (TPSA) is 79.5 Å². The second-order valence-corrected chi connectivity index (χ2v) is 4.99. The molecule has 0 radical (unpaired) electrons. The summed E-state index contributed by atoms with van der Waals surface area (Å²) in [5, 5.41) is 11.3. The number of furan rings is 1. The first-order valence-electron chi connectivity index (χ1n) is 6.90. The van der Waals surface area contributed by atoms with Crippen molar-refractivity contribution in [1.82, 2.24) is 5.32 Å². The third-order valence-electron chi connectivity index (χ3n) is 3.31. The van der Waals surface area contributed by atoms with Crippen molar-refractivity contribution in [2.24, 2.45) is 0 Å². The minimum atomic E-state index is -1.12.